The number of nitrogens with one attached hydrogen (secondary N) is 2. The fraction of sp³-hybridized carbons (Fsp3) is 0.160. The number of ether oxygens (including phenoxy) is 2. The molecule has 2 N–H and O–H groups in total. The van der Waals surface area contributed by atoms with Crippen LogP contribution in [0.15, 0.2) is 84.0 Å². The number of anilines is 1. The predicted octanol–water partition coefficient (Wildman–Crippen LogP) is 4.14. The van der Waals surface area contributed by atoms with Gasteiger partial charge in [0.15, 0.2) is 0 Å². The van der Waals surface area contributed by atoms with Crippen LogP contribution in [0.5, 0.6) is 11.5 Å². The van der Waals surface area contributed by atoms with Crippen molar-refractivity contribution in [2.24, 2.45) is 5.10 Å². The molecular weight excluding hydrogens is 406 g/mol. The minimum absolute atomic E-state index is 0.0333. The normalized spacial score (nSPS) is 10.5. The molecule has 0 spiro atoms. The predicted molar refractivity (Wildman–Crippen MR) is 124 cm³/mol. The van der Waals surface area contributed by atoms with Gasteiger partial charge in [-0.3, -0.25) is 9.59 Å². The summed E-state index contributed by atoms with van der Waals surface area (Å²) in [6.07, 6.45) is 1.63. The minimum Gasteiger partial charge on any atom is -0.497 e. The van der Waals surface area contributed by atoms with Crippen molar-refractivity contribution in [3.63, 3.8) is 0 Å². The molecule has 0 saturated carbocycles. The molecule has 0 fully saturated rings. The molecule has 7 nitrogen and oxygen atoms in total. The molecular formula is C25H25N3O4. The molecule has 0 aliphatic rings. The highest BCUT2D eigenvalue weighted by atomic mass is 16.5. The first-order chi connectivity index (χ1) is 15.6. The van der Waals surface area contributed by atoms with E-state index < -0.39 is 0 Å². The molecule has 0 bridgehead atoms. The van der Waals surface area contributed by atoms with Crippen molar-refractivity contribution in [1.82, 2.24) is 5.43 Å². The zero-order valence-corrected chi connectivity index (χ0v) is 17.8. The number of rotatable bonds is 10. The van der Waals surface area contributed by atoms with Crippen LogP contribution in [0.2, 0.25) is 0 Å². The molecule has 2 amide bonds. The van der Waals surface area contributed by atoms with E-state index >= 15 is 0 Å². The van der Waals surface area contributed by atoms with E-state index in [-0.39, 0.29) is 24.7 Å². The van der Waals surface area contributed by atoms with E-state index in [1.807, 2.05) is 54.6 Å². The van der Waals surface area contributed by atoms with Crippen LogP contribution in [0, 0.1) is 0 Å². The van der Waals surface area contributed by atoms with Crippen molar-refractivity contribution >= 4 is 23.7 Å². The number of nitrogens with zero attached hydrogens (tertiary/aromatic N) is 1. The third-order valence-corrected chi connectivity index (χ3v) is 4.48. The number of methoxy groups -OCH3 is 1. The molecule has 0 unspecified atom stereocenters. The number of amides is 2. The second-order valence-electron chi connectivity index (χ2n) is 6.91. The molecule has 0 radical (unpaired) electrons. The second kappa shape index (κ2) is 11.9. The number of carbonyl (C=O) groups is 2. The first kappa shape index (κ1) is 22.6. The molecule has 7 heteroatoms. The number of carbonyl (C=O) groups excluding carboxylic acids is 2. The largest absolute Gasteiger partial charge is 0.497 e. The highest BCUT2D eigenvalue weighted by molar-refractivity contribution is 5.93. The highest BCUT2D eigenvalue weighted by Gasteiger charge is 2.07. The van der Waals surface area contributed by atoms with Gasteiger partial charge in [0.1, 0.15) is 18.1 Å². The van der Waals surface area contributed by atoms with E-state index in [1.54, 1.807) is 31.4 Å². The summed E-state index contributed by atoms with van der Waals surface area (Å²) >= 11 is 0. The van der Waals surface area contributed by atoms with Crippen molar-refractivity contribution in [3.8, 4) is 11.5 Å². The van der Waals surface area contributed by atoms with Crippen LogP contribution in [-0.2, 0) is 16.2 Å². The van der Waals surface area contributed by atoms with Gasteiger partial charge in [0, 0.05) is 18.5 Å². The fourth-order valence-electron chi connectivity index (χ4n) is 2.75. The van der Waals surface area contributed by atoms with Gasteiger partial charge in [-0.2, -0.15) is 5.10 Å². The lowest BCUT2D eigenvalue weighted by molar-refractivity contribution is -0.124. The molecule has 0 heterocycles. The average molecular weight is 431 g/mol. The van der Waals surface area contributed by atoms with Gasteiger partial charge in [0.05, 0.1) is 13.3 Å². The first-order valence-electron chi connectivity index (χ1n) is 10.1. The second-order valence-corrected chi connectivity index (χ2v) is 6.91. The molecule has 32 heavy (non-hydrogen) atoms. The number of hydrazone groups is 1. The Hall–Kier alpha value is -4.13. The van der Waals surface area contributed by atoms with Crippen molar-refractivity contribution in [1.29, 1.82) is 0 Å². The lowest BCUT2D eigenvalue weighted by Crippen LogP contribution is -2.20. The molecule has 0 atom stereocenters. The molecule has 0 aliphatic heterocycles. The lowest BCUT2D eigenvalue weighted by Gasteiger charge is -2.06. The molecule has 164 valence electrons. The molecule has 3 aromatic carbocycles. The standard InChI is InChI=1S/C25H25N3O4/c1-31-22-13-9-21(10-14-22)27-24(29)15-16-25(30)28-26-17-19-7-11-23(12-8-19)32-18-20-5-3-2-4-6-20/h2-14,17H,15-16,18H2,1H3,(H,27,29)(H,28,30)/b26-17+. The summed E-state index contributed by atoms with van der Waals surface area (Å²) in [5, 5.41) is 6.67. The maximum atomic E-state index is 12.0. The Morgan fingerprint density at radius 1 is 0.844 bits per heavy atom. The molecule has 3 aromatic rings. The van der Waals surface area contributed by atoms with Crippen LogP contribution < -0.4 is 20.2 Å². The number of hydrogen-bond donors (Lipinski definition) is 2. The smallest absolute Gasteiger partial charge is 0.240 e. The Morgan fingerprint density at radius 3 is 2.19 bits per heavy atom. The van der Waals surface area contributed by atoms with Gasteiger partial charge in [-0.1, -0.05) is 30.3 Å². The maximum absolute atomic E-state index is 12.0. The number of hydrogen-bond acceptors (Lipinski definition) is 5. The Labute approximate surface area is 187 Å². The lowest BCUT2D eigenvalue weighted by atomic mass is 10.2. The zero-order chi connectivity index (χ0) is 22.6. The van der Waals surface area contributed by atoms with Crippen LogP contribution in [0.3, 0.4) is 0 Å². The third-order valence-electron chi connectivity index (χ3n) is 4.48. The minimum atomic E-state index is -0.339. The van der Waals surface area contributed by atoms with E-state index in [1.165, 1.54) is 6.21 Å². The van der Waals surface area contributed by atoms with E-state index in [9.17, 15) is 9.59 Å². The van der Waals surface area contributed by atoms with Gasteiger partial charge in [-0.15, -0.1) is 0 Å². The topological polar surface area (TPSA) is 89.0 Å². The Bertz CT molecular complexity index is 1030. The van der Waals surface area contributed by atoms with Gasteiger partial charge in [-0.05, 0) is 59.7 Å². The molecule has 0 aromatic heterocycles. The van der Waals surface area contributed by atoms with Crippen LogP contribution in [0.1, 0.15) is 24.0 Å². The van der Waals surface area contributed by atoms with Crippen molar-refractivity contribution in [2.45, 2.75) is 19.4 Å². The molecule has 0 aliphatic carbocycles. The first-order valence-corrected chi connectivity index (χ1v) is 10.1. The van der Waals surface area contributed by atoms with Gasteiger partial charge < -0.3 is 14.8 Å². The summed E-state index contributed by atoms with van der Waals surface area (Å²) in [4.78, 5) is 23.9. The maximum Gasteiger partial charge on any atom is 0.240 e. The molecule has 0 saturated heterocycles. The summed E-state index contributed by atoms with van der Waals surface area (Å²) in [6, 6.07) is 24.3. The van der Waals surface area contributed by atoms with Crippen LogP contribution in [-0.4, -0.2) is 25.1 Å². The summed E-state index contributed by atoms with van der Waals surface area (Å²) < 4.78 is 10.8. The third kappa shape index (κ3) is 7.60. The van der Waals surface area contributed by atoms with Crippen LogP contribution in [0.4, 0.5) is 5.69 Å². The Kier molecular flexibility index (Phi) is 8.39. The van der Waals surface area contributed by atoms with Gasteiger partial charge >= 0.3 is 0 Å². The summed E-state index contributed by atoms with van der Waals surface area (Å²) in [7, 11) is 1.57. The van der Waals surface area contributed by atoms with Crippen molar-refractivity contribution in [2.75, 3.05) is 12.4 Å². The van der Waals surface area contributed by atoms with Gasteiger partial charge in [0.25, 0.3) is 0 Å². The van der Waals surface area contributed by atoms with E-state index in [4.69, 9.17) is 9.47 Å². The summed E-state index contributed by atoms with van der Waals surface area (Å²) in [5.74, 6) is 0.863. The Balaban J connectivity index is 1.36. The van der Waals surface area contributed by atoms with Gasteiger partial charge in [0.2, 0.25) is 11.8 Å². The molecule has 3 rings (SSSR count). The Morgan fingerprint density at radius 2 is 1.50 bits per heavy atom. The van der Waals surface area contributed by atoms with E-state index in [2.05, 4.69) is 15.8 Å². The monoisotopic (exact) mass is 431 g/mol. The van der Waals surface area contributed by atoms with E-state index in [0.29, 0.717) is 18.0 Å². The SMILES string of the molecule is COc1ccc(NC(=O)CCC(=O)N/N=C/c2ccc(OCc3ccccc3)cc2)cc1. The van der Waals surface area contributed by atoms with Crippen molar-refractivity contribution in [3.05, 3.63) is 90.0 Å². The fourth-order valence-corrected chi connectivity index (χ4v) is 2.75. The van der Waals surface area contributed by atoms with Crippen molar-refractivity contribution < 1.29 is 19.1 Å². The average Bonchev–Trinajstić information content (AvgIpc) is 2.83. The van der Waals surface area contributed by atoms with Crippen LogP contribution in [0.25, 0.3) is 0 Å². The zero-order valence-electron chi connectivity index (χ0n) is 17.8. The summed E-state index contributed by atoms with van der Waals surface area (Å²) in [5.41, 5.74) is 4.98. The van der Waals surface area contributed by atoms with Gasteiger partial charge in [-0.25, -0.2) is 5.43 Å². The number of benzene rings is 3. The van der Waals surface area contributed by atoms with E-state index in [0.717, 1.165) is 16.9 Å². The van der Waals surface area contributed by atoms with Crippen LogP contribution >= 0.6 is 0 Å². The highest BCUT2D eigenvalue weighted by Crippen LogP contribution is 2.15. The quantitative estimate of drug-likeness (QED) is 0.373. The summed E-state index contributed by atoms with van der Waals surface area (Å²) in [6.45, 7) is 0.496.